The highest BCUT2D eigenvalue weighted by Gasteiger charge is 2.24. The lowest BCUT2D eigenvalue weighted by Crippen LogP contribution is -2.36. The van der Waals surface area contributed by atoms with E-state index in [0.717, 1.165) is 32.5 Å². The van der Waals surface area contributed by atoms with Crippen LogP contribution in [-0.2, 0) is 16.1 Å². The summed E-state index contributed by atoms with van der Waals surface area (Å²) in [5.41, 5.74) is 0.806. The van der Waals surface area contributed by atoms with Crippen LogP contribution in [0.15, 0.2) is 12.3 Å². The van der Waals surface area contributed by atoms with Crippen LogP contribution >= 0.6 is 0 Å². The Morgan fingerprint density at radius 3 is 2.65 bits per heavy atom. The predicted molar refractivity (Wildman–Crippen MR) is 88.2 cm³/mol. The molecule has 0 spiro atoms. The number of rotatable bonds is 6. The van der Waals surface area contributed by atoms with Crippen molar-refractivity contribution < 1.29 is 14.6 Å². The zero-order valence-corrected chi connectivity index (χ0v) is 14.5. The lowest BCUT2D eigenvalue weighted by Gasteiger charge is -2.32. The van der Waals surface area contributed by atoms with Gasteiger partial charge in [-0.1, -0.05) is 0 Å². The molecule has 0 amide bonds. The Morgan fingerprint density at radius 1 is 1.35 bits per heavy atom. The van der Waals surface area contributed by atoms with Gasteiger partial charge in [-0.25, -0.2) is 0 Å². The van der Waals surface area contributed by atoms with Crippen LogP contribution in [0.3, 0.4) is 0 Å². The van der Waals surface area contributed by atoms with Crippen molar-refractivity contribution in [2.24, 2.45) is 0 Å². The molecule has 2 rings (SSSR count). The first-order chi connectivity index (χ1) is 10.9. The molecule has 130 valence electrons. The molecule has 1 N–H and O–H groups in total. The molecular formula is C17H29N3O3. The van der Waals surface area contributed by atoms with E-state index >= 15 is 0 Å². The number of piperidine rings is 1. The second-order valence-corrected chi connectivity index (χ2v) is 7.16. The van der Waals surface area contributed by atoms with Crippen molar-refractivity contribution in [2.75, 3.05) is 26.2 Å². The summed E-state index contributed by atoms with van der Waals surface area (Å²) in [5, 5.41) is 13.4. The summed E-state index contributed by atoms with van der Waals surface area (Å²) in [4.78, 5) is 14.1. The molecule has 6 nitrogen and oxygen atoms in total. The van der Waals surface area contributed by atoms with Gasteiger partial charge in [0.25, 0.3) is 0 Å². The average Bonchev–Trinajstić information content (AvgIpc) is 2.93. The number of hydrogen-bond acceptors (Lipinski definition) is 5. The van der Waals surface area contributed by atoms with E-state index in [0.29, 0.717) is 18.9 Å². The second kappa shape index (κ2) is 7.93. The Kier molecular flexibility index (Phi) is 6.18. The van der Waals surface area contributed by atoms with E-state index in [4.69, 9.17) is 9.84 Å². The SMILES string of the molecule is CC(C)(C)OC(=O)CCN1CCC(c2ccnn2CCO)CC1. The maximum Gasteiger partial charge on any atom is 0.307 e. The summed E-state index contributed by atoms with van der Waals surface area (Å²) in [6, 6.07) is 2.05. The average molecular weight is 323 g/mol. The number of aliphatic hydroxyl groups is 1. The molecule has 1 aliphatic rings. The smallest absolute Gasteiger partial charge is 0.307 e. The first-order valence-electron chi connectivity index (χ1n) is 8.46. The van der Waals surface area contributed by atoms with Gasteiger partial charge in [-0.2, -0.15) is 5.10 Å². The van der Waals surface area contributed by atoms with Gasteiger partial charge in [0, 0.05) is 24.4 Å². The van der Waals surface area contributed by atoms with Gasteiger partial charge < -0.3 is 14.7 Å². The van der Waals surface area contributed by atoms with Crippen LogP contribution in [0, 0.1) is 0 Å². The molecule has 2 heterocycles. The Morgan fingerprint density at radius 2 is 2.04 bits per heavy atom. The van der Waals surface area contributed by atoms with Gasteiger partial charge >= 0.3 is 5.97 Å². The van der Waals surface area contributed by atoms with Crippen molar-refractivity contribution in [3.05, 3.63) is 18.0 Å². The van der Waals surface area contributed by atoms with Crippen molar-refractivity contribution in [1.29, 1.82) is 0 Å². The van der Waals surface area contributed by atoms with Crippen LogP contribution in [-0.4, -0.2) is 57.6 Å². The van der Waals surface area contributed by atoms with E-state index in [-0.39, 0.29) is 12.6 Å². The van der Waals surface area contributed by atoms with E-state index in [2.05, 4.69) is 16.1 Å². The normalized spacial score (nSPS) is 17.4. The molecule has 1 saturated heterocycles. The molecule has 1 aromatic heterocycles. The van der Waals surface area contributed by atoms with Crippen LogP contribution in [0.25, 0.3) is 0 Å². The number of carbonyl (C=O) groups is 1. The summed E-state index contributed by atoms with van der Waals surface area (Å²) < 4.78 is 7.25. The third-order valence-corrected chi connectivity index (χ3v) is 4.12. The third kappa shape index (κ3) is 5.62. The molecule has 1 aliphatic heterocycles. The zero-order valence-electron chi connectivity index (χ0n) is 14.5. The zero-order chi connectivity index (χ0) is 16.9. The van der Waals surface area contributed by atoms with Gasteiger partial charge in [0.1, 0.15) is 5.60 Å². The highest BCUT2D eigenvalue weighted by atomic mass is 16.6. The molecule has 0 bridgehead atoms. The Balaban J connectivity index is 1.76. The molecule has 1 fully saturated rings. The van der Waals surface area contributed by atoms with Crippen LogP contribution in [0.5, 0.6) is 0 Å². The minimum Gasteiger partial charge on any atom is -0.460 e. The molecule has 6 heteroatoms. The predicted octanol–water partition coefficient (Wildman–Crippen LogP) is 1.79. The number of hydrogen-bond donors (Lipinski definition) is 1. The fourth-order valence-corrected chi connectivity index (χ4v) is 3.07. The number of carbonyl (C=O) groups excluding carboxylic acids is 1. The largest absolute Gasteiger partial charge is 0.460 e. The summed E-state index contributed by atoms with van der Waals surface area (Å²) in [6.45, 7) is 9.08. The van der Waals surface area contributed by atoms with Gasteiger partial charge in [0.05, 0.1) is 19.6 Å². The first-order valence-corrected chi connectivity index (χ1v) is 8.46. The molecule has 23 heavy (non-hydrogen) atoms. The Hall–Kier alpha value is -1.40. The van der Waals surface area contributed by atoms with Gasteiger partial charge in [0.15, 0.2) is 0 Å². The Bertz CT molecular complexity index is 499. The fourth-order valence-electron chi connectivity index (χ4n) is 3.07. The molecule has 0 atom stereocenters. The maximum absolute atomic E-state index is 11.8. The molecule has 0 unspecified atom stereocenters. The molecular weight excluding hydrogens is 294 g/mol. The van der Waals surface area contributed by atoms with Gasteiger partial charge in [0.2, 0.25) is 0 Å². The number of ether oxygens (including phenoxy) is 1. The first kappa shape index (κ1) is 17.9. The van der Waals surface area contributed by atoms with Gasteiger partial charge in [-0.15, -0.1) is 0 Å². The minimum atomic E-state index is -0.408. The number of nitrogens with zero attached hydrogens (tertiary/aromatic N) is 3. The summed E-state index contributed by atoms with van der Waals surface area (Å²) in [7, 11) is 0. The number of aliphatic hydroxyl groups excluding tert-OH is 1. The summed E-state index contributed by atoms with van der Waals surface area (Å²) in [6.07, 6.45) is 4.38. The third-order valence-electron chi connectivity index (χ3n) is 4.12. The van der Waals surface area contributed by atoms with Crippen LogP contribution in [0.2, 0.25) is 0 Å². The number of aromatic nitrogens is 2. The van der Waals surface area contributed by atoms with Crippen molar-refractivity contribution in [1.82, 2.24) is 14.7 Å². The standard InChI is InChI=1S/C17H29N3O3/c1-17(2,3)23-16(22)7-11-19-9-5-14(6-10-19)15-4-8-18-20(15)12-13-21/h4,8,14,21H,5-7,9-13H2,1-3H3. The number of esters is 1. The van der Waals surface area contributed by atoms with Gasteiger partial charge in [-0.3, -0.25) is 9.48 Å². The molecule has 0 aromatic carbocycles. The summed E-state index contributed by atoms with van der Waals surface area (Å²) >= 11 is 0. The topological polar surface area (TPSA) is 67.6 Å². The highest BCUT2D eigenvalue weighted by Crippen LogP contribution is 2.27. The van der Waals surface area contributed by atoms with E-state index in [9.17, 15) is 4.79 Å². The van der Waals surface area contributed by atoms with Crippen molar-refractivity contribution >= 4 is 5.97 Å². The fraction of sp³-hybridized carbons (Fsp3) is 0.765. The van der Waals surface area contributed by atoms with Crippen LogP contribution in [0.1, 0.15) is 51.6 Å². The van der Waals surface area contributed by atoms with Gasteiger partial charge in [-0.05, 0) is 52.8 Å². The van der Waals surface area contributed by atoms with E-state index < -0.39 is 5.60 Å². The van der Waals surface area contributed by atoms with Crippen molar-refractivity contribution in [3.63, 3.8) is 0 Å². The summed E-state index contributed by atoms with van der Waals surface area (Å²) in [5.74, 6) is 0.363. The van der Waals surface area contributed by atoms with Crippen LogP contribution < -0.4 is 0 Å². The monoisotopic (exact) mass is 323 g/mol. The quantitative estimate of drug-likeness (QED) is 0.808. The van der Waals surface area contributed by atoms with E-state index in [1.54, 1.807) is 6.20 Å². The second-order valence-electron chi connectivity index (χ2n) is 7.16. The van der Waals surface area contributed by atoms with E-state index in [1.165, 1.54) is 5.69 Å². The molecule has 1 aromatic rings. The Labute approximate surface area is 138 Å². The molecule has 0 radical (unpaired) electrons. The molecule has 0 aliphatic carbocycles. The van der Waals surface area contributed by atoms with E-state index in [1.807, 2.05) is 25.5 Å². The molecule has 0 saturated carbocycles. The maximum atomic E-state index is 11.8. The lowest BCUT2D eigenvalue weighted by molar-refractivity contribution is -0.155. The number of likely N-dealkylation sites (tertiary alicyclic amines) is 1. The van der Waals surface area contributed by atoms with Crippen LogP contribution in [0.4, 0.5) is 0 Å². The minimum absolute atomic E-state index is 0.114. The lowest BCUT2D eigenvalue weighted by atomic mass is 9.93. The van der Waals surface area contributed by atoms with Crippen molar-refractivity contribution in [2.45, 2.75) is 58.1 Å². The van der Waals surface area contributed by atoms with Crippen molar-refractivity contribution in [3.8, 4) is 0 Å². The highest BCUT2D eigenvalue weighted by molar-refractivity contribution is 5.70.